The maximum Gasteiger partial charge on any atom is 0.293 e. The van der Waals surface area contributed by atoms with Gasteiger partial charge in [0.1, 0.15) is 5.69 Å². The first-order valence-corrected chi connectivity index (χ1v) is 9.72. The van der Waals surface area contributed by atoms with Crippen LogP contribution in [0.25, 0.3) is 0 Å². The standard InChI is InChI=1S/C21H26N4O3.ClH/c1-2-14-24(18-10-12-22-13-11-18)21(26)16-8-9-19(20(15-16)25(27)28)23-17-6-4-3-5-7-17;/h3-9,15,18,22-23H,2,10-14H2,1H3;1H. The maximum absolute atomic E-state index is 13.1. The van der Waals surface area contributed by atoms with Crippen LogP contribution in [-0.4, -0.2) is 41.4 Å². The summed E-state index contributed by atoms with van der Waals surface area (Å²) < 4.78 is 0. The molecule has 0 atom stereocenters. The molecule has 3 rings (SSSR count). The topological polar surface area (TPSA) is 87.5 Å². The van der Waals surface area contributed by atoms with Gasteiger partial charge < -0.3 is 15.5 Å². The number of benzene rings is 2. The van der Waals surface area contributed by atoms with Crippen molar-refractivity contribution in [3.05, 3.63) is 64.2 Å². The SMILES string of the molecule is CCCN(C(=O)c1ccc(Nc2ccccc2)c([N+](=O)[O-])c1)C1CCNCC1.Cl. The zero-order chi connectivity index (χ0) is 19.9. The van der Waals surface area contributed by atoms with Gasteiger partial charge in [-0.3, -0.25) is 14.9 Å². The molecule has 0 aliphatic carbocycles. The second-order valence-corrected chi connectivity index (χ2v) is 6.96. The van der Waals surface area contributed by atoms with Crippen molar-refractivity contribution in [3.8, 4) is 0 Å². The van der Waals surface area contributed by atoms with Crippen LogP contribution in [-0.2, 0) is 0 Å². The van der Waals surface area contributed by atoms with E-state index in [1.165, 1.54) is 6.07 Å². The summed E-state index contributed by atoms with van der Waals surface area (Å²) in [6.07, 6.45) is 2.66. The fraction of sp³-hybridized carbons (Fsp3) is 0.381. The van der Waals surface area contributed by atoms with Gasteiger partial charge in [-0.15, -0.1) is 12.4 Å². The van der Waals surface area contributed by atoms with Gasteiger partial charge in [-0.25, -0.2) is 0 Å². The van der Waals surface area contributed by atoms with Crippen molar-refractivity contribution < 1.29 is 9.72 Å². The number of nitro benzene ring substituents is 1. The highest BCUT2D eigenvalue weighted by molar-refractivity contribution is 5.96. The number of amides is 1. The van der Waals surface area contributed by atoms with Crippen LogP contribution < -0.4 is 10.6 Å². The summed E-state index contributed by atoms with van der Waals surface area (Å²) in [4.78, 5) is 26.2. The third-order valence-corrected chi connectivity index (χ3v) is 4.97. The van der Waals surface area contributed by atoms with E-state index in [1.54, 1.807) is 12.1 Å². The number of hydrogen-bond donors (Lipinski definition) is 2. The number of nitrogens with zero attached hydrogens (tertiary/aromatic N) is 2. The monoisotopic (exact) mass is 418 g/mol. The number of nitrogens with one attached hydrogen (secondary N) is 2. The molecule has 0 aromatic heterocycles. The molecule has 156 valence electrons. The second kappa shape index (κ2) is 10.8. The predicted octanol–water partition coefficient (Wildman–Crippen LogP) is 4.36. The average Bonchev–Trinajstić information content (AvgIpc) is 2.73. The number of nitro groups is 1. The van der Waals surface area contributed by atoms with E-state index in [2.05, 4.69) is 10.6 Å². The average molecular weight is 419 g/mol. The molecular weight excluding hydrogens is 392 g/mol. The van der Waals surface area contributed by atoms with Crippen LogP contribution in [0, 0.1) is 10.1 Å². The van der Waals surface area contributed by atoms with Gasteiger partial charge in [0, 0.05) is 29.9 Å². The van der Waals surface area contributed by atoms with Crippen molar-refractivity contribution >= 4 is 35.4 Å². The Kier molecular flexibility index (Phi) is 8.42. The molecule has 2 aromatic rings. The highest BCUT2D eigenvalue weighted by Crippen LogP contribution is 2.29. The Morgan fingerprint density at radius 1 is 1.21 bits per heavy atom. The first-order chi connectivity index (χ1) is 13.6. The minimum Gasteiger partial charge on any atom is -0.350 e. The van der Waals surface area contributed by atoms with Gasteiger partial charge in [0.2, 0.25) is 0 Å². The van der Waals surface area contributed by atoms with E-state index < -0.39 is 4.92 Å². The van der Waals surface area contributed by atoms with Crippen molar-refractivity contribution in [2.24, 2.45) is 0 Å². The lowest BCUT2D eigenvalue weighted by Crippen LogP contribution is -2.46. The molecule has 1 fully saturated rings. The molecule has 0 unspecified atom stereocenters. The van der Waals surface area contributed by atoms with Gasteiger partial charge in [-0.2, -0.15) is 0 Å². The Bertz CT molecular complexity index is 826. The van der Waals surface area contributed by atoms with Crippen LogP contribution >= 0.6 is 12.4 Å². The van der Waals surface area contributed by atoms with Gasteiger partial charge in [-0.05, 0) is 56.6 Å². The van der Waals surface area contributed by atoms with Crippen LogP contribution in [0.1, 0.15) is 36.5 Å². The van der Waals surface area contributed by atoms with Crippen molar-refractivity contribution in [2.45, 2.75) is 32.2 Å². The van der Waals surface area contributed by atoms with E-state index in [-0.39, 0.29) is 30.0 Å². The highest BCUT2D eigenvalue weighted by atomic mass is 35.5. The molecule has 0 spiro atoms. The number of hydrogen-bond acceptors (Lipinski definition) is 5. The summed E-state index contributed by atoms with van der Waals surface area (Å²) in [7, 11) is 0. The fourth-order valence-electron chi connectivity index (χ4n) is 3.57. The van der Waals surface area contributed by atoms with E-state index in [1.807, 2.05) is 42.2 Å². The smallest absolute Gasteiger partial charge is 0.293 e. The van der Waals surface area contributed by atoms with Gasteiger partial charge >= 0.3 is 0 Å². The largest absolute Gasteiger partial charge is 0.350 e. The molecular formula is C21H27ClN4O3. The molecule has 1 saturated heterocycles. The Morgan fingerprint density at radius 3 is 2.52 bits per heavy atom. The molecule has 0 saturated carbocycles. The summed E-state index contributed by atoms with van der Waals surface area (Å²) >= 11 is 0. The van der Waals surface area contributed by atoms with E-state index in [0.29, 0.717) is 17.8 Å². The number of carbonyl (C=O) groups excluding carboxylic acids is 1. The number of piperidine rings is 1. The molecule has 29 heavy (non-hydrogen) atoms. The molecule has 1 amide bonds. The summed E-state index contributed by atoms with van der Waals surface area (Å²) in [6, 6.07) is 14.1. The number of rotatable bonds is 7. The molecule has 1 aliphatic heterocycles. The van der Waals surface area contributed by atoms with Crippen molar-refractivity contribution in [3.63, 3.8) is 0 Å². The minimum atomic E-state index is -0.448. The third-order valence-electron chi connectivity index (χ3n) is 4.97. The number of halogens is 1. The number of para-hydroxylation sites is 1. The lowest BCUT2D eigenvalue weighted by molar-refractivity contribution is -0.383. The summed E-state index contributed by atoms with van der Waals surface area (Å²) in [6.45, 7) is 4.47. The van der Waals surface area contributed by atoms with Gasteiger partial charge in [0.15, 0.2) is 0 Å². The minimum absolute atomic E-state index is 0. The van der Waals surface area contributed by atoms with Crippen LogP contribution in [0.4, 0.5) is 17.1 Å². The summed E-state index contributed by atoms with van der Waals surface area (Å²) in [5, 5.41) is 18.0. The van der Waals surface area contributed by atoms with Crippen LogP contribution in [0.5, 0.6) is 0 Å². The molecule has 0 radical (unpaired) electrons. The summed E-state index contributed by atoms with van der Waals surface area (Å²) in [5.74, 6) is -0.136. The normalized spacial score (nSPS) is 14.0. The molecule has 1 heterocycles. The zero-order valence-corrected chi connectivity index (χ0v) is 17.3. The van der Waals surface area contributed by atoms with E-state index in [0.717, 1.165) is 38.0 Å². The molecule has 2 aromatic carbocycles. The maximum atomic E-state index is 13.1. The van der Waals surface area contributed by atoms with Crippen molar-refractivity contribution in [2.75, 3.05) is 25.0 Å². The third kappa shape index (κ3) is 5.68. The number of carbonyl (C=O) groups is 1. The van der Waals surface area contributed by atoms with Crippen molar-refractivity contribution in [1.82, 2.24) is 10.2 Å². The Labute approximate surface area is 177 Å². The lowest BCUT2D eigenvalue weighted by Gasteiger charge is -2.34. The molecule has 8 heteroatoms. The van der Waals surface area contributed by atoms with E-state index in [9.17, 15) is 14.9 Å². The quantitative estimate of drug-likeness (QED) is 0.515. The molecule has 0 bridgehead atoms. The second-order valence-electron chi connectivity index (χ2n) is 6.96. The first-order valence-electron chi connectivity index (χ1n) is 9.72. The van der Waals surface area contributed by atoms with Gasteiger partial charge in [0.05, 0.1) is 4.92 Å². The zero-order valence-electron chi connectivity index (χ0n) is 16.5. The van der Waals surface area contributed by atoms with Crippen molar-refractivity contribution in [1.29, 1.82) is 0 Å². The van der Waals surface area contributed by atoms with Gasteiger partial charge in [0.25, 0.3) is 11.6 Å². The van der Waals surface area contributed by atoms with Crippen LogP contribution in [0.3, 0.4) is 0 Å². The molecule has 2 N–H and O–H groups in total. The first kappa shape index (κ1) is 22.6. The Morgan fingerprint density at radius 2 is 1.90 bits per heavy atom. The van der Waals surface area contributed by atoms with E-state index >= 15 is 0 Å². The van der Waals surface area contributed by atoms with Crippen LogP contribution in [0.15, 0.2) is 48.5 Å². The lowest BCUT2D eigenvalue weighted by atomic mass is 10.0. The number of anilines is 2. The Hall–Kier alpha value is -2.64. The van der Waals surface area contributed by atoms with Crippen LogP contribution in [0.2, 0.25) is 0 Å². The Balaban J connectivity index is 0.00000300. The van der Waals surface area contributed by atoms with E-state index in [4.69, 9.17) is 0 Å². The summed E-state index contributed by atoms with van der Waals surface area (Å²) in [5.41, 5.74) is 1.39. The molecule has 1 aliphatic rings. The molecule has 7 nitrogen and oxygen atoms in total. The van der Waals surface area contributed by atoms with Gasteiger partial charge in [-0.1, -0.05) is 25.1 Å². The predicted molar refractivity (Wildman–Crippen MR) is 117 cm³/mol. The highest BCUT2D eigenvalue weighted by Gasteiger charge is 2.27. The fourth-order valence-corrected chi connectivity index (χ4v) is 3.57.